The van der Waals surface area contributed by atoms with Crippen molar-refractivity contribution in [1.82, 2.24) is 4.98 Å². The van der Waals surface area contributed by atoms with Crippen LogP contribution in [0.2, 0.25) is 5.02 Å². The molecule has 4 heteroatoms. The maximum Gasteiger partial charge on any atom is 0.150 e. The van der Waals surface area contributed by atoms with Gasteiger partial charge < -0.3 is 5.32 Å². The number of benzene rings is 1. The van der Waals surface area contributed by atoms with Crippen molar-refractivity contribution in [3.63, 3.8) is 0 Å². The molecule has 1 aromatic carbocycles. The second-order valence-electron chi connectivity index (χ2n) is 3.62. The van der Waals surface area contributed by atoms with Gasteiger partial charge in [0.1, 0.15) is 11.1 Å². The average Bonchev–Trinajstić information content (AvgIpc) is 2.35. The van der Waals surface area contributed by atoms with Gasteiger partial charge in [0.25, 0.3) is 0 Å². The third kappa shape index (κ3) is 2.55. The lowest BCUT2D eigenvalue weighted by atomic mass is 10.2. The van der Waals surface area contributed by atoms with Crippen LogP contribution >= 0.6 is 11.6 Å². The van der Waals surface area contributed by atoms with E-state index in [-0.39, 0.29) is 0 Å². The van der Waals surface area contributed by atoms with Crippen LogP contribution in [0.4, 0.5) is 11.5 Å². The van der Waals surface area contributed by atoms with Crippen LogP contribution in [-0.2, 0) is 0 Å². The van der Waals surface area contributed by atoms with Crippen molar-refractivity contribution in [1.29, 1.82) is 5.26 Å². The Morgan fingerprint density at radius 1 is 1.24 bits per heavy atom. The number of rotatable bonds is 2. The minimum absolute atomic E-state index is 0.343. The Balaban J connectivity index is 2.31. The van der Waals surface area contributed by atoms with Crippen LogP contribution < -0.4 is 5.32 Å². The summed E-state index contributed by atoms with van der Waals surface area (Å²) >= 11 is 6.04. The van der Waals surface area contributed by atoms with Crippen LogP contribution in [0.5, 0.6) is 0 Å². The van der Waals surface area contributed by atoms with E-state index in [0.29, 0.717) is 16.4 Å². The minimum atomic E-state index is 0.343. The molecule has 3 nitrogen and oxygen atoms in total. The molecule has 0 spiro atoms. The summed E-state index contributed by atoms with van der Waals surface area (Å²) in [4.78, 5) is 4.11. The molecule has 0 amide bonds. The largest absolute Gasteiger partial charge is 0.339 e. The maximum atomic E-state index is 8.86. The summed E-state index contributed by atoms with van der Waals surface area (Å²) in [5, 5.41) is 12.3. The SMILES string of the molecule is Cc1ccc(Nc2nccc(C#N)c2Cl)cc1. The van der Waals surface area contributed by atoms with E-state index in [4.69, 9.17) is 16.9 Å². The van der Waals surface area contributed by atoms with Gasteiger partial charge in [0.15, 0.2) is 5.82 Å². The van der Waals surface area contributed by atoms with E-state index in [1.807, 2.05) is 37.3 Å². The summed E-state index contributed by atoms with van der Waals surface area (Å²) in [7, 11) is 0. The second kappa shape index (κ2) is 4.86. The average molecular weight is 244 g/mol. The highest BCUT2D eigenvalue weighted by molar-refractivity contribution is 6.34. The zero-order valence-electron chi connectivity index (χ0n) is 9.24. The second-order valence-corrected chi connectivity index (χ2v) is 4.00. The number of hydrogen-bond acceptors (Lipinski definition) is 3. The molecule has 2 rings (SSSR count). The Morgan fingerprint density at radius 3 is 2.59 bits per heavy atom. The molecule has 0 saturated carbocycles. The van der Waals surface area contributed by atoms with E-state index in [9.17, 15) is 0 Å². The van der Waals surface area contributed by atoms with Crippen molar-refractivity contribution >= 4 is 23.1 Å². The minimum Gasteiger partial charge on any atom is -0.339 e. The summed E-state index contributed by atoms with van der Waals surface area (Å²) in [5.74, 6) is 0.495. The van der Waals surface area contributed by atoms with Crippen LogP contribution in [-0.4, -0.2) is 4.98 Å². The summed E-state index contributed by atoms with van der Waals surface area (Å²) in [6.45, 7) is 2.02. The predicted molar refractivity (Wildman–Crippen MR) is 68.4 cm³/mol. The van der Waals surface area contributed by atoms with Crippen molar-refractivity contribution in [3.05, 3.63) is 52.7 Å². The van der Waals surface area contributed by atoms with Gasteiger partial charge in [-0.3, -0.25) is 0 Å². The van der Waals surface area contributed by atoms with Crippen LogP contribution in [0.1, 0.15) is 11.1 Å². The zero-order chi connectivity index (χ0) is 12.3. The lowest BCUT2D eigenvalue weighted by molar-refractivity contribution is 1.29. The number of aromatic nitrogens is 1. The molecule has 17 heavy (non-hydrogen) atoms. The van der Waals surface area contributed by atoms with Gasteiger partial charge in [-0.2, -0.15) is 5.26 Å². The molecule has 0 aliphatic rings. The number of anilines is 2. The number of hydrogen-bond donors (Lipinski definition) is 1. The number of nitrogens with zero attached hydrogens (tertiary/aromatic N) is 2. The predicted octanol–water partition coefficient (Wildman–Crippen LogP) is 3.66. The highest BCUT2D eigenvalue weighted by Gasteiger charge is 2.06. The smallest absolute Gasteiger partial charge is 0.150 e. The fourth-order valence-corrected chi connectivity index (χ4v) is 1.59. The lowest BCUT2D eigenvalue weighted by Gasteiger charge is -2.08. The first-order valence-corrected chi connectivity index (χ1v) is 5.47. The van der Waals surface area contributed by atoms with Gasteiger partial charge >= 0.3 is 0 Å². The van der Waals surface area contributed by atoms with E-state index in [0.717, 1.165) is 5.69 Å². The van der Waals surface area contributed by atoms with Gasteiger partial charge in [0, 0.05) is 11.9 Å². The van der Waals surface area contributed by atoms with Gasteiger partial charge in [0.05, 0.1) is 5.56 Å². The van der Waals surface area contributed by atoms with Crippen LogP contribution in [0, 0.1) is 18.3 Å². The molecule has 0 aliphatic heterocycles. The number of halogens is 1. The fraction of sp³-hybridized carbons (Fsp3) is 0.0769. The standard InChI is InChI=1S/C13H10ClN3/c1-9-2-4-11(5-3-9)17-13-12(14)10(8-15)6-7-16-13/h2-7H,1H3,(H,16,17). The van der Waals surface area contributed by atoms with Gasteiger partial charge in [-0.05, 0) is 25.1 Å². The third-order valence-electron chi connectivity index (χ3n) is 2.32. The first kappa shape index (κ1) is 11.4. The highest BCUT2D eigenvalue weighted by atomic mass is 35.5. The van der Waals surface area contributed by atoms with Crippen molar-refractivity contribution in [2.24, 2.45) is 0 Å². The Bertz CT molecular complexity index is 570. The van der Waals surface area contributed by atoms with E-state index < -0.39 is 0 Å². The Labute approximate surface area is 105 Å². The molecular formula is C13H10ClN3. The Kier molecular flexibility index (Phi) is 3.27. The molecule has 0 bridgehead atoms. The van der Waals surface area contributed by atoms with E-state index >= 15 is 0 Å². The molecule has 0 saturated heterocycles. The molecule has 1 N–H and O–H groups in total. The molecule has 0 atom stereocenters. The normalized spacial score (nSPS) is 9.71. The fourth-order valence-electron chi connectivity index (χ4n) is 1.39. The van der Waals surface area contributed by atoms with Crippen LogP contribution in [0.25, 0.3) is 0 Å². The third-order valence-corrected chi connectivity index (χ3v) is 2.71. The van der Waals surface area contributed by atoms with Gasteiger partial charge in [0.2, 0.25) is 0 Å². The number of nitrogens with one attached hydrogen (secondary N) is 1. The summed E-state index contributed by atoms with van der Waals surface area (Å²) < 4.78 is 0. The number of aryl methyl sites for hydroxylation is 1. The topological polar surface area (TPSA) is 48.7 Å². The van der Waals surface area contributed by atoms with Crippen molar-refractivity contribution in [2.45, 2.75) is 6.92 Å². The monoisotopic (exact) mass is 243 g/mol. The van der Waals surface area contributed by atoms with Gasteiger partial charge in [-0.15, -0.1) is 0 Å². The summed E-state index contributed by atoms with van der Waals surface area (Å²) in [5.41, 5.74) is 2.48. The molecule has 1 aromatic heterocycles. The lowest BCUT2D eigenvalue weighted by Crippen LogP contribution is -1.95. The Hall–Kier alpha value is -2.05. The molecule has 0 fully saturated rings. The van der Waals surface area contributed by atoms with E-state index in [2.05, 4.69) is 10.3 Å². The van der Waals surface area contributed by atoms with E-state index in [1.54, 1.807) is 12.3 Å². The highest BCUT2D eigenvalue weighted by Crippen LogP contribution is 2.25. The molecule has 84 valence electrons. The molecule has 0 unspecified atom stereocenters. The first-order chi connectivity index (χ1) is 8.20. The maximum absolute atomic E-state index is 8.86. The van der Waals surface area contributed by atoms with E-state index in [1.165, 1.54) is 5.56 Å². The van der Waals surface area contributed by atoms with Crippen LogP contribution in [0.3, 0.4) is 0 Å². The first-order valence-electron chi connectivity index (χ1n) is 5.09. The summed E-state index contributed by atoms with van der Waals surface area (Å²) in [6.07, 6.45) is 1.56. The van der Waals surface area contributed by atoms with Crippen molar-refractivity contribution < 1.29 is 0 Å². The molecule has 2 aromatic rings. The van der Waals surface area contributed by atoms with Crippen molar-refractivity contribution in [3.8, 4) is 6.07 Å². The molecule has 0 aliphatic carbocycles. The zero-order valence-corrected chi connectivity index (χ0v) is 9.99. The molecule has 0 radical (unpaired) electrons. The molecule has 1 heterocycles. The quantitative estimate of drug-likeness (QED) is 0.876. The van der Waals surface area contributed by atoms with Gasteiger partial charge in [-0.1, -0.05) is 29.3 Å². The van der Waals surface area contributed by atoms with Crippen LogP contribution in [0.15, 0.2) is 36.5 Å². The van der Waals surface area contributed by atoms with Crippen molar-refractivity contribution in [2.75, 3.05) is 5.32 Å². The molecular weight excluding hydrogens is 234 g/mol. The van der Waals surface area contributed by atoms with Gasteiger partial charge in [-0.25, -0.2) is 4.98 Å². The summed E-state index contributed by atoms with van der Waals surface area (Å²) in [6, 6.07) is 11.5. The Morgan fingerprint density at radius 2 is 1.94 bits per heavy atom. The number of pyridine rings is 1. The number of nitriles is 1.